The van der Waals surface area contributed by atoms with Crippen LogP contribution in [0.3, 0.4) is 0 Å². The zero-order valence-corrected chi connectivity index (χ0v) is 7.94. The van der Waals surface area contributed by atoms with Gasteiger partial charge in [-0.15, -0.1) is 0 Å². The lowest BCUT2D eigenvalue weighted by molar-refractivity contribution is 1.04. The summed E-state index contributed by atoms with van der Waals surface area (Å²) < 4.78 is 0. The van der Waals surface area contributed by atoms with Crippen molar-refractivity contribution < 1.29 is 0 Å². The Bertz CT molecular complexity index is 418. The molecule has 0 saturated carbocycles. The molecule has 14 heavy (non-hydrogen) atoms. The molecule has 0 fully saturated rings. The Hall–Kier alpha value is -1.98. The van der Waals surface area contributed by atoms with Gasteiger partial charge in [-0.1, -0.05) is 0 Å². The van der Waals surface area contributed by atoms with Crippen LogP contribution in [-0.4, -0.2) is 32.2 Å². The first-order valence-electron chi connectivity index (χ1n) is 4.19. The van der Waals surface area contributed by atoms with Crippen molar-refractivity contribution in [3.63, 3.8) is 0 Å². The van der Waals surface area contributed by atoms with Gasteiger partial charge in [-0.3, -0.25) is 5.10 Å². The first-order valence-corrected chi connectivity index (χ1v) is 4.19. The molecule has 6 nitrogen and oxygen atoms in total. The topological polar surface area (TPSA) is 79.4 Å². The summed E-state index contributed by atoms with van der Waals surface area (Å²) in [5.41, 5.74) is 0.661. The summed E-state index contributed by atoms with van der Waals surface area (Å²) in [7, 11) is 1.79. The fraction of sp³-hybridized carbons (Fsp3) is 0.250. The summed E-state index contributed by atoms with van der Waals surface area (Å²) in [6.45, 7) is 1.84. The van der Waals surface area contributed by atoms with Crippen molar-refractivity contribution in [2.75, 3.05) is 12.4 Å². The number of H-pyrrole nitrogens is 1. The van der Waals surface area contributed by atoms with Gasteiger partial charge in [0.25, 0.3) is 0 Å². The molecule has 0 bridgehead atoms. The number of nitrogens with one attached hydrogen (secondary N) is 2. The number of anilines is 1. The molecule has 2 N–H and O–H groups in total. The number of hydrogen-bond acceptors (Lipinski definition) is 5. The SMILES string of the molecule is CNc1cnc(-c2n[nH]c(C)n2)cn1. The van der Waals surface area contributed by atoms with E-state index in [9.17, 15) is 0 Å². The normalized spacial score (nSPS) is 10.1. The molecule has 2 aromatic heterocycles. The standard InChI is InChI=1S/C8H10N6/c1-5-12-8(14-13-5)6-3-11-7(9-2)4-10-6/h3-4H,1-2H3,(H,9,11)(H,12,13,14). The molecule has 2 aromatic rings. The summed E-state index contributed by atoms with van der Waals surface area (Å²) in [5.74, 6) is 2.05. The van der Waals surface area contributed by atoms with Crippen molar-refractivity contribution in [1.29, 1.82) is 0 Å². The smallest absolute Gasteiger partial charge is 0.201 e. The van der Waals surface area contributed by atoms with Gasteiger partial charge in [-0.05, 0) is 6.92 Å². The molecule has 2 rings (SSSR count). The highest BCUT2D eigenvalue weighted by molar-refractivity contribution is 5.48. The van der Waals surface area contributed by atoms with Gasteiger partial charge in [0.2, 0.25) is 5.82 Å². The minimum absolute atomic E-state index is 0.567. The Labute approximate surface area is 80.8 Å². The van der Waals surface area contributed by atoms with Crippen LogP contribution in [0.15, 0.2) is 12.4 Å². The van der Waals surface area contributed by atoms with Crippen LogP contribution in [0.1, 0.15) is 5.82 Å². The maximum absolute atomic E-state index is 4.16. The van der Waals surface area contributed by atoms with E-state index in [1.54, 1.807) is 19.4 Å². The average Bonchev–Trinajstić information content (AvgIpc) is 2.65. The molecule has 0 aliphatic rings. The van der Waals surface area contributed by atoms with Gasteiger partial charge in [-0.2, -0.15) is 5.10 Å². The van der Waals surface area contributed by atoms with Crippen LogP contribution >= 0.6 is 0 Å². The molecule has 0 radical (unpaired) electrons. The molecule has 72 valence electrons. The van der Waals surface area contributed by atoms with Crippen LogP contribution < -0.4 is 5.32 Å². The van der Waals surface area contributed by atoms with E-state index in [1.165, 1.54) is 0 Å². The molecule has 0 unspecified atom stereocenters. The third-order valence-electron chi connectivity index (χ3n) is 1.73. The maximum Gasteiger partial charge on any atom is 0.201 e. The van der Waals surface area contributed by atoms with E-state index >= 15 is 0 Å². The van der Waals surface area contributed by atoms with E-state index in [-0.39, 0.29) is 0 Å². The summed E-state index contributed by atoms with van der Waals surface area (Å²) in [4.78, 5) is 12.4. The van der Waals surface area contributed by atoms with Crippen LogP contribution in [0, 0.1) is 6.92 Å². The predicted molar refractivity (Wildman–Crippen MR) is 51.7 cm³/mol. The molecule has 6 heteroatoms. The number of aromatic nitrogens is 5. The molecule has 0 amide bonds. The largest absolute Gasteiger partial charge is 0.372 e. The third kappa shape index (κ3) is 1.54. The molecule has 0 aliphatic carbocycles. The number of aromatic amines is 1. The first-order chi connectivity index (χ1) is 6.79. The minimum atomic E-state index is 0.567. The Morgan fingerprint density at radius 2 is 2.14 bits per heavy atom. The van der Waals surface area contributed by atoms with Crippen LogP contribution in [0.4, 0.5) is 5.82 Å². The van der Waals surface area contributed by atoms with E-state index < -0.39 is 0 Å². The number of nitrogens with zero attached hydrogens (tertiary/aromatic N) is 4. The summed E-state index contributed by atoms with van der Waals surface area (Å²) in [5, 5.41) is 9.62. The Morgan fingerprint density at radius 3 is 2.64 bits per heavy atom. The minimum Gasteiger partial charge on any atom is -0.372 e. The number of rotatable bonds is 2. The van der Waals surface area contributed by atoms with Crippen molar-refractivity contribution >= 4 is 5.82 Å². The molecular formula is C8H10N6. The van der Waals surface area contributed by atoms with E-state index in [2.05, 4.69) is 30.5 Å². The molecule has 0 aliphatic heterocycles. The quantitative estimate of drug-likeness (QED) is 0.725. The van der Waals surface area contributed by atoms with Gasteiger partial charge < -0.3 is 5.32 Å². The van der Waals surface area contributed by atoms with Crippen molar-refractivity contribution in [3.8, 4) is 11.5 Å². The van der Waals surface area contributed by atoms with Gasteiger partial charge in [0, 0.05) is 7.05 Å². The van der Waals surface area contributed by atoms with E-state index in [0.717, 1.165) is 11.6 Å². The number of hydrogen-bond donors (Lipinski definition) is 2. The second-order valence-electron chi connectivity index (χ2n) is 2.78. The monoisotopic (exact) mass is 190 g/mol. The van der Waals surface area contributed by atoms with Crippen molar-refractivity contribution in [3.05, 3.63) is 18.2 Å². The lowest BCUT2D eigenvalue weighted by Gasteiger charge is -1.97. The van der Waals surface area contributed by atoms with Crippen LogP contribution in [0.25, 0.3) is 11.5 Å². The average molecular weight is 190 g/mol. The molecule has 2 heterocycles. The van der Waals surface area contributed by atoms with Gasteiger partial charge in [0.05, 0.1) is 12.4 Å². The van der Waals surface area contributed by atoms with E-state index in [4.69, 9.17) is 0 Å². The highest BCUT2D eigenvalue weighted by Crippen LogP contribution is 2.10. The van der Waals surface area contributed by atoms with Gasteiger partial charge >= 0.3 is 0 Å². The van der Waals surface area contributed by atoms with Gasteiger partial charge in [0.15, 0.2) is 0 Å². The molecule has 0 aromatic carbocycles. The van der Waals surface area contributed by atoms with Gasteiger partial charge in [-0.25, -0.2) is 15.0 Å². The molecule has 0 atom stereocenters. The zero-order valence-electron chi connectivity index (χ0n) is 7.94. The summed E-state index contributed by atoms with van der Waals surface area (Å²) >= 11 is 0. The van der Waals surface area contributed by atoms with E-state index in [0.29, 0.717) is 11.5 Å². The second-order valence-corrected chi connectivity index (χ2v) is 2.78. The molecule has 0 spiro atoms. The highest BCUT2D eigenvalue weighted by Gasteiger charge is 2.04. The van der Waals surface area contributed by atoms with E-state index in [1.807, 2.05) is 6.92 Å². The lowest BCUT2D eigenvalue weighted by Crippen LogP contribution is -1.94. The highest BCUT2D eigenvalue weighted by atomic mass is 15.2. The fourth-order valence-electron chi connectivity index (χ4n) is 1.03. The first kappa shape index (κ1) is 8.61. The van der Waals surface area contributed by atoms with Crippen LogP contribution in [0.2, 0.25) is 0 Å². The fourth-order valence-corrected chi connectivity index (χ4v) is 1.03. The second kappa shape index (κ2) is 3.41. The summed E-state index contributed by atoms with van der Waals surface area (Å²) in [6, 6.07) is 0. The predicted octanol–water partition coefficient (Wildman–Crippen LogP) is 0.612. The maximum atomic E-state index is 4.16. The van der Waals surface area contributed by atoms with Crippen molar-refractivity contribution in [2.24, 2.45) is 0 Å². The van der Waals surface area contributed by atoms with Gasteiger partial charge in [0.1, 0.15) is 17.3 Å². The number of aryl methyl sites for hydroxylation is 1. The molecular weight excluding hydrogens is 180 g/mol. The molecule has 0 saturated heterocycles. The lowest BCUT2D eigenvalue weighted by atomic mass is 10.4. The van der Waals surface area contributed by atoms with Crippen molar-refractivity contribution in [1.82, 2.24) is 25.1 Å². The third-order valence-corrected chi connectivity index (χ3v) is 1.73. The zero-order chi connectivity index (χ0) is 9.97. The Balaban J connectivity index is 2.33. The van der Waals surface area contributed by atoms with Crippen LogP contribution in [0.5, 0.6) is 0 Å². The Morgan fingerprint density at radius 1 is 1.29 bits per heavy atom. The Kier molecular flexibility index (Phi) is 2.10. The summed E-state index contributed by atoms with van der Waals surface area (Å²) in [6.07, 6.45) is 3.27. The van der Waals surface area contributed by atoms with Crippen LogP contribution in [-0.2, 0) is 0 Å². The van der Waals surface area contributed by atoms with Crippen molar-refractivity contribution in [2.45, 2.75) is 6.92 Å².